The second-order valence-electron chi connectivity index (χ2n) is 2.80. The number of halogens is 2. The average Bonchev–Trinajstić information content (AvgIpc) is 1.77. The quantitative estimate of drug-likeness (QED) is 0.730. The van der Waals surface area contributed by atoms with E-state index in [4.69, 9.17) is 0 Å². The fraction of sp³-hybridized carbons (Fsp3) is 1.00. The van der Waals surface area contributed by atoms with Crippen molar-refractivity contribution in [3.63, 3.8) is 0 Å². The summed E-state index contributed by atoms with van der Waals surface area (Å²) in [4.78, 5) is 0. The second kappa shape index (κ2) is 5.39. The lowest BCUT2D eigenvalue weighted by atomic mass is 9.79. The van der Waals surface area contributed by atoms with Gasteiger partial charge in [-0.1, -0.05) is 15.9 Å². The lowest BCUT2D eigenvalue weighted by molar-refractivity contribution is 0.229. The lowest BCUT2D eigenvalue weighted by Gasteiger charge is -2.34. The van der Waals surface area contributed by atoms with Crippen molar-refractivity contribution in [1.29, 1.82) is 0 Å². The zero-order chi connectivity index (χ0) is 6.69. The van der Waals surface area contributed by atoms with Gasteiger partial charge >= 0.3 is 0 Å². The van der Waals surface area contributed by atoms with Crippen LogP contribution in [0.3, 0.4) is 0 Å². The molecule has 0 aliphatic heterocycles. The molecule has 3 heteroatoms. The van der Waals surface area contributed by atoms with Crippen molar-refractivity contribution in [3.8, 4) is 0 Å². The maximum absolute atomic E-state index is 3.45. The van der Waals surface area contributed by atoms with Crippen molar-refractivity contribution in [3.05, 3.63) is 0 Å². The third-order valence-corrected chi connectivity index (χ3v) is 2.62. The molecule has 0 aromatic heterocycles. The van der Waals surface area contributed by atoms with E-state index in [-0.39, 0.29) is 12.4 Å². The van der Waals surface area contributed by atoms with Crippen LogP contribution >= 0.6 is 28.3 Å². The van der Waals surface area contributed by atoms with E-state index >= 15 is 0 Å². The molecule has 0 saturated heterocycles. The van der Waals surface area contributed by atoms with Gasteiger partial charge in [0.2, 0.25) is 0 Å². The van der Waals surface area contributed by atoms with Gasteiger partial charge in [-0.3, -0.25) is 0 Å². The fourth-order valence-electron chi connectivity index (χ4n) is 1.36. The minimum Gasteiger partial charge on any atom is -0.317 e. The Labute approximate surface area is 77.5 Å². The topological polar surface area (TPSA) is 12.0 Å². The third kappa shape index (κ3) is 2.77. The molecule has 1 saturated carbocycles. The van der Waals surface area contributed by atoms with Crippen molar-refractivity contribution in [1.82, 2.24) is 5.32 Å². The van der Waals surface area contributed by atoms with E-state index in [1.807, 2.05) is 0 Å². The fourth-order valence-corrected chi connectivity index (χ4v) is 2.01. The van der Waals surface area contributed by atoms with Crippen LogP contribution in [-0.2, 0) is 0 Å². The molecule has 1 aliphatic rings. The minimum atomic E-state index is 0. The normalized spacial score (nSPS) is 30.6. The smallest absolute Gasteiger partial charge is 0.00693 e. The summed E-state index contributed by atoms with van der Waals surface area (Å²) in [6.07, 6.45) is 4.14. The Morgan fingerprint density at radius 3 is 2.50 bits per heavy atom. The molecule has 0 aromatic rings. The summed E-state index contributed by atoms with van der Waals surface area (Å²) in [7, 11) is 2.05. The first kappa shape index (κ1) is 10.7. The molecule has 1 nitrogen and oxygen atoms in total. The summed E-state index contributed by atoms with van der Waals surface area (Å²) in [5.74, 6) is 1.00. The maximum Gasteiger partial charge on any atom is 0.00693 e. The van der Waals surface area contributed by atoms with E-state index in [1.54, 1.807) is 0 Å². The molecule has 0 spiro atoms. The summed E-state index contributed by atoms with van der Waals surface area (Å²) in [6.45, 7) is 0. The molecule has 0 aromatic carbocycles. The Morgan fingerprint density at radius 2 is 2.10 bits per heavy atom. The van der Waals surface area contributed by atoms with E-state index < -0.39 is 0 Å². The van der Waals surface area contributed by atoms with Gasteiger partial charge in [0.15, 0.2) is 0 Å². The molecule has 0 amide bonds. The molecule has 0 bridgehead atoms. The number of nitrogens with one attached hydrogen (secondary N) is 1. The van der Waals surface area contributed by atoms with Crippen molar-refractivity contribution >= 4 is 28.3 Å². The Kier molecular flexibility index (Phi) is 5.78. The standard InChI is InChI=1S/C7H14BrN.ClH/c1-9-7-4-6(5-7)2-3-8;/h6-7,9H,2-5H2,1H3;1H. The molecular formula is C7H15BrClN. The monoisotopic (exact) mass is 227 g/mol. The SMILES string of the molecule is CNC1CC(CCBr)C1.Cl. The van der Waals surface area contributed by atoms with Crippen LogP contribution in [0.2, 0.25) is 0 Å². The highest BCUT2D eigenvalue weighted by Crippen LogP contribution is 2.30. The van der Waals surface area contributed by atoms with Gasteiger partial charge in [0.25, 0.3) is 0 Å². The number of hydrogen-bond acceptors (Lipinski definition) is 1. The molecule has 62 valence electrons. The minimum absolute atomic E-state index is 0. The number of hydrogen-bond donors (Lipinski definition) is 1. The van der Waals surface area contributed by atoms with E-state index in [0.717, 1.165) is 12.0 Å². The Hall–Kier alpha value is 0.730. The van der Waals surface area contributed by atoms with Gasteiger partial charge in [-0.25, -0.2) is 0 Å². The molecule has 1 fully saturated rings. The first-order valence-corrected chi connectivity index (χ1v) is 4.72. The summed E-state index contributed by atoms with van der Waals surface area (Å²) < 4.78 is 0. The molecule has 0 atom stereocenters. The molecule has 10 heavy (non-hydrogen) atoms. The van der Waals surface area contributed by atoms with Gasteiger partial charge in [0, 0.05) is 11.4 Å². The Balaban J connectivity index is 0.000000810. The van der Waals surface area contributed by atoms with E-state index in [9.17, 15) is 0 Å². The number of rotatable bonds is 3. The highest BCUT2D eigenvalue weighted by Gasteiger charge is 2.26. The van der Waals surface area contributed by atoms with Crippen LogP contribution in [0.15, 0.2) is 0 Å². The van der Waals surface area contributed by atoms with Crippen LogP contribution in [0.1, 0.15) is 19.3 Å². The molecule has 0 radical (unpaired) electrons. The van der Waals surface area contributed by atoms with Crippen LogP contribution in [0.4, 0.5) is 0 Å². The van der Waals surface area contributed by atoms with Crippen LogP contribution < -0.4 is 5.32 Å². The summed E-state index contributed by atoms with van der Waals surface area (Å²) in [5, 5.41) is 4.45. The third-order valence-electron chi connectivity index (χ3n) is 2.16. The Morgan fingerprint density at radius 1 is 1.50 bits per heavy atom. The molecule has 1 N–H and O–H groups in total. The number of alkyl halides is 1. The first-order chi connectivity index (χ1) is 4.36. The zero-order valence-electron chi connectivity index (χ0n) is 6.27. The highest BCUT2D eigenvalue weighted by molar-refractivity contribution is 9.09. The Bertz CT molecular complexity index is 83.7. The van der Waals surface area contributed by atoms with Gasteiger partial charge in [-0.05, 0) is 32.2 Å². The molecule has 0 unspecified atom stereocenters. The van der Waals surface area contributed by atoms with Crippen molar-refractivity contribution < 1.29 is 0 Å². The predicted molar refractivity (Wildman–Crippen MR) is 51.2 cm³/mol. The summed E-state index contributed by atoms with van der Waals surface area (Å²) in [5.41, 5.74) is 0. The van der Waals surface area contributed by atoms with Crippen LogP contribution in [-0.4, -0.2) is 18.4 Å². The van der Waals surface area contributed by atoms with Gasteiger partial charge in [0.1, 0.15) is 0 Å². The van der Waals surface area contributed by atoms with Crippen molar-refractivity contribution in [2.24, 2.45) is 5.92 Å². The zero-order valence-corrected chi connectivity index (χ0v) is 8.67. The predicted octanol–water partition coefficient (Wildman–Crippen LogP) is 2.19. The van der Waals surface area contributed by atoms with Gasteiger partial charge in [-0.2, -0.15) is 0 Å². The van der Waals surface area contributed by atoms with Crippen LogP contribution in [0, 0.1) is 5.92 Å². The lowest BCUT2D eigenvalue weighted by Crippen LogP contribution is -2.39. The largest absolute Gasteiger partial charge is 0.317 e. The molecule has 1 aliphatic carbocycles. The van der Waals surface area contributed by atoms with E-state index in [2.05, 4.69) is 28.3 Å². The van der Waals surface area contributed by atoms with Crippen LogP contribution in [0.25, 0.3) is 0 Å². The molecular weight excluding hydrogens is 213 g/mol. The van der Waals surface area contributed by atoms with Gasteiger partial charge < -0.3 is 5.32 Å². The first-order valence-electron chi connectivity index (χ1n) is 3.60. The summed E-state index contributed by atoms with van der Waals surface area (Å²) >= 11 is 3.45. The average molecular weight is 229 g/mol. The molecule has 0 heterocycles. The highest BCUT2D eigenvalue weighted by atomic mass is 79.9. The van der Waals surface area contributed by atoms with Gasteiger partial charge in [0.05, 0.1) is 0 Å². The maximum atomic E-state index is 3.45. The second-order valence-corrected chi connectivity index (χ2v) is 3.59. The summed E-state index contributed by atoms with van der Waals surface area (Å²) in [6, 6.07) is 0.828. The van der Waals surface area contributed by atoms with E-state index in [1.165, 1.54) is 24.6 Å². The van der Waals surface area contributed by atoms with Crippen LogP contribution in [0.5, 0.6) is 0 Å². The van der Waals surface area contributed by atoms with Crippen molar-refractivity contribution in [2.45, 2.75) is 25.3 Å². The van der Waals surface area contributed by atoms with E-state index in [0.29, 0.717) is 0 Å². The van der Waals surface area contributed by atoms with Crippen molar-refractivity contribution in [2.75, 3.05) is 12.4 Å². The molecule has 1 rings (SSSR count). The van der Waals surface area contributed by atoms with Gasteiger partial charge in [-0.15, -0.1) is 12.4 Å².